The van der Waals surface area contributed by atoms with Crippen LogP contribution in [0, 0.1) is 20.8 Å². The SMILES string of the molecule is C/C=C/c1cc(Cc2ccc(-c3ccc(-c4nnc(-c5ccc(C)cc5)o4)cc3)cc2)c(C)cc1C. The van der Waals surface area contributed by atoms with Gasteiger partial charge in [0.25, 0.3) is 0 Å². The standard InChI is InChI=1S/C33H30N2O/c1-5-6-30-21-31(24(4)19-23(30)3)20-25-9-13-26(14-10-25)27-15-17-29(18-16-27)33-35-34-32(36-33)28-11-7-22(2)8-12-28/h5-19,21H,20H2,1-4H3/b6-5+. The fourth-order valence-corrected chi connectivity index (χ4v) is 4.46. The Kier molecular flexibility index (Phi) is 6.64. The molecule has 3 nitrogen and oxygen atoms in total. The van der Waals surface area contributed by atoms with E-state index >= 15 is 0 Å². The lowest BCUT2D eigenvalue weighted by atomic mass is 9.94. The summed E-state index contributed by atoms with van der Waals surface area (Å²) >= 11 is 0. The zero-order chi connectivity index (χ0) is 25.1. The van der Waals surface area contributed by atoms with Gasteiger partial charge in [-0.2, -0.15) is 0 Å². The van der Waals surface area contributed by atoms with Crippen molar-refractivity contribution < 1.29 is 4.42 Å². The molecule has 5 aromatic rings. The van der Waals surface area contributed by atoms with Crippen LogP contribution in [-0.2, 0) is 6.42 Å². The molecule has 36 heavy (non-hydrogen) atoms. The van der Waals surface area contributed by atoms with Crippen molar-refractivity contribution in [1.82, 2.24) is 10.2 Å². The molecule has 0 saturated heterocycles. The Balaban J connectivity index is 1.31. The van der Waals surface area contributed by atoms with Gasteiger partial charge in [0.05, 0.1) is 0 Å². The van der Waals surface area contributed by atoms with Gasteiger partial charge in [-0.3, -0.25) is 0 Å². The summed E-state index contributed by atoms with van der Waals surface area (Å²) in [6, 6.07) is 29.8. The number of benzene rings is 4. The summed E-state index contributed by atoms with van der Waals surface area (Å²) in [6.07, 6.45) is 5.21. The molecule has 3 heteroatoms. The van der Waals surface area contributed by atoms with E-state index in [4.69, 9.17) is 4.42 Å². The lowest BCUT2D eigenvalue weighted by Crippen LogP contribution is -1.95. The van der Waals surface area contributed by atoms with Gasteiger partial charge in [0, 0.05) is 11.1 Å². The predicted octanol–water partition coefficient (Wildman–Crippen LogP) is 8.62. The number of hydrogen-bond acceptors (Lipinski definition) is 3. The van der Waals surface area contributed by atoms with Crippen LogP contribution in [0.4, 0.5) is 0 Å². The van der Waals surface area contributed by atoms with E-state index in [0.29, 0.717) is 11.8 Å². The number of aryl methyl sites for hydroxylation is 3. The van der Waals surface area contributed by atoms with Crippen LogP contribution in [0.2, 0.25) is 0 Å². The minimum absolute atomic E-state index is 0.526. The number of hydrogen-bond donors (Lipinski definition) is 0. The molecule has 0 bridgehead atoms. The molecule has 0 aliphatic rings. The van der Waals surface area contributed by atoms with Gasteiger partial charge in [0.2, 0.25) is 11.8 Å². The van der Waals surface area contributed by atoms with Crippen LogP contribution < -0.4 is 0 Å². The summed E-state index contributed by atoms with van der Waals surface area (Å²) in [7, 11) is 0. The zero-order valence-corrected chi connectivity index (χ0v) is 21.2. The molecule has 0 N–H and O–H groups in total. The summed E-state index contributed by atoms with van der Waals surface area (Å²) < 4.78 is 5.93. The van der Waals surface area contributed by atoms with Gasteiger partial charge in [-0.15, -0.1) is 10.2 Å². The minimum atomic E-state index is 0.526. The van der Waals surface area contributed by atoms with Crippen LogP contribution >= 0.6 is 0 Å². The lowest BCUT2D eigenvalue weighted by molar-refractivity contribution is 0.584. The third-order valence-corrected chi connectivity index (χ3v) is 6.61. The van der Waals surface area contributed by atoms with Crippen molar-refractivity contribution in [2.45, 2.75) is 34.1 Å². The maximum Gasteiger partial charge on any atom is 0.248 e. The van der Waals surface area contributed by atoms with Crippen molar-refractivity contribution in [2.75, 3.05) is 0 Å². The molecule has 1 aromatic heterocycles. The Morgan fingerprint density at radius 1 is 0.639 bits per heavy atom. The maximum absolute atomic E-state index is 5.93. The molecule has 0 unspecified atom stereocenters. The van der Waals surface area contributed by atoms with Crippen molar-refractivity contribution in [1.29, 1.82) is 0 Å². The second-order valence-electron chi connectivity index (χ2n) is 9.36. The van der Waals surface area contributed by atoms with E-state index in [2.05, 4.69) is 98.6 Å². The van der Waals surface area contributed by atoms with Gasteiger partial charge in [-0.25, -0.2) is 0 Å². The Bertz CT molecular complexity index is 1510. The first-order chi connectivity index (χ1) is 17.5. The van der Waals surface area contributed by atoms with E-state index in [1.165, 1.54) is 38.9 Å². The quantitative estimate of drug-likeness (QED) is 0.249. The molecule has 5 rings (SSSR count). The lowest BCUT2D eigenvalue weighted by Gasteiger charge is -2.11. The van der Waals surface area contributed by atoms with E-state index < -0.39 is 0 Å². The monoisotopic (exact) mass is 470 g/mol. The molecule has 0 aliphatic carbocycles. The Labute approximate surface area is 213 Å². The summed E-state index contributed by atoms with van der Waals surface area (Å²) in [5.41, 5.74) is 12.0. The van der Waals surface area contributed by atoms with Crippen molar-refractivity contribution in [3.8, 4) is 34.0 Å². The van der Waals surface area contributed by atoms with Gasteiger partial charge in [0.1, 0.15) is 0 Å². The third-order valence-electron chi connectivity index (χ3n) is 6.61. The average Bonchev–Trinajstić information content (AvgIpc) is 3.38. The topological polar surface area (TPSA) is 38.9 Å². The van der Waals surface area contributed by atoms with Crippen LogP contribution in [0.15, 0.2) is 95.4 Å². The van der Waals surface area contributed by atoms with E-state index in [9.17, 15) is 0 Å². The fraction of sp³-hybridized carbons (Fsp3) is 0.152. The molecular weight excluding hydrogens is 440 g/mol. The van der Waals surface area contributed by atoms with Gasteiger partial charge >= 0.3 is 0 Å². The maximum atomic E-state index is 5.93. The molecule has 4 aromatic carbocycles. The Hall–Kier alpha value is -4.24. The van der Waals surface area contributed by atoms with Crippen LogP contribution in [-0.4, -0.2) is 10.2 Å². The number of aromatic nitrogens is 2. The van der Waals surface area contributed by atoms with Gasteiger partial charge < -0.3 is 4.42 Å². The third kappa shape index (κ3) is 5.06. The van der Waals surface area contributed by atoms with Crippen molar-refractivity contribution in [3.05, 3.63) is 124 Å². The van der Waals surface area contributed by atoms with Crippen LogP contribution in [0.25, 0.3) is 40.1 Å². The first-order valence-electron chi connectivity index (χ1n) is 12.3. The van der Waals surface area contributed by atoms with Crippen molar-refractivity contribution >= 4 is 6.08 Å². The number of rotatable bonds is 6. The summed E-state index contributed by atoms with van der Waals surface area (Å²) in [5, 5.41) is 8.47. The highest BCUT2D eigenvalue weighted by Crippen LogP contribution is 2.28. The van der Waals surface area contributed by atoms with Crippen LogP contribution in [0.3, 0.4) is 0 Å². The molecule has 0 radical (unpaired) electrons. The summed E-state index contributed by atoms with van der Waals surface area (Å²) in [6.45, 7) is 8.50. The smallest absolute Gasteiger partial charge is 0.248 e. The summed E-state index contributed by atoms with van der Waals surface area (Å²) in [4.78, 5) is 0. The Morgan fingerprint density at radius 3 is 1.75 bits per heavy atom. The van der Waals surface area contributed by atoms with E-state index in [-0.39, 0.29) is 0 Å². The van der Waals surface area contributed by atoms with Gasteiger partial charge in [0.15, 0.2) is 0 Å². The highest BCUT2D eigenvalue weighted by Gasteiger charge is 2.11. The molecule has 0 fully saturated rings. The molecule has 0 spiro atoms. The first kappa shape index (κ1) is 23.5. The van der Waals surface area contributed by atoms with Gasteiger partial charge in [-0.05, 0) is 97.3 Å². The molecule has 178 valence electrons. The van der Waals surface area contributed by atoms with Crippen molar-refractivity contribution in [3.63, 3.8) is 0 Å². The largest absolute Gasteiger partial charge is 0.416 e. The van der Waals surface area contributed by atoms with Gasteiger partial charge in [-0.1, -0.05) is 78.4 Å². The normalized spacial score (nSPS) is 11.3. The fourth-order valence-electron chi connectivity index (χ4n) is 4.46. The molecule has 1 heterocycles. The number of allylic oxidation sites excluding steroid dienone is 1. The average molecular weight is 471 g/mol. The van der Waals surface area contributed by atoms with E-state index in [0.717, 1.165) is 23.1 Å². The Morgan fingerprint density at radius 2 is 1.17 bits per heavy atom. The highest BCUT2D eigenvalue weighted by molar-refractivity contribution is 5.68. The first-order valence-corrected chi connectivity index (χ1v) is 12.3. The predicted molar refractivity (Wildman–Crippen MR) is 149 cm³/mol. The molecule has 0 aliphatic heterocycles. The van der Waals surface area contributed by atoms with E-state index in [1.807, 2.05) is 36.4 Å². The van der Waals surface area contributed by atoms with Crippen LogP contribution in [0.1, 0.15) is 40.3 Å². The molecule has 0 atom stereocenters. The second kappa shape index (κ2) is 10.2. The van der Waals surface area contributed by atoms with Crippen molar-refractivity contribution in [2.24, 2.45) is 0 Å². The molecular formula is C33H30N2O. The molecule has 0 amide bonds. The summed E-state index contributed by atoms with van der Waals surface area (Å²) in [5.74, 6) is 1.06. The minimum Gasteiger partial charge on any atom is -0.416 e. The van der Waals surface area contributed by atoms with E-state index in [1.54, 1.807) is 0 Å². The zero-order valence-electron chi connectivity index (χ0n) is 21.2. The second-order valence-corrected chi connectivity index (χ2v) is 9.36. The van der Waals surface area contributed by atoms with Crippen LogP contribution in [0.5, 0.6) is 0 Å². The molecule has 0 saturated carbocycles. The number of nitrogens with zero attached hydrogens (tertiary/aromatic N) is 2. The highest BCUT2D eigenvalue weighted by atomic mass is 16.4.